The van der Waals surface area contributed by atoms with Crippen molar-refractivity contribution in [3.8, 4) is 0 Å². The van der Waals surface area contributed by atoms with E-state index in [4.69, 9.17) is 16.2 Å². The van der Waals surface area contributed by atoms with Gasteiger partial charge in [0.05, 0.1) is 31.0 Å². The number of hydrogen-bond acceptors (Lipinski definition) is 8. The Labute approximate surface area is 211 Å². The van der Waals surface area contributed by atoms with Gasteiger partial charge in [-0.2, -0.15) is 0 Å². The van der Waals surface area contributed by atoms with E-state index in [2.05, 4.69) is 26.3 Å². The number of carbonyl (C=O) groups is 5. The van der Waals surface area contributed by atoms with Crippen LogP contribution in [0.3, 0.4) is 0 Å². The molecule has 2 rings (SSSR count). The zero-order chi connectivity index (χ0) is 27.4. The van der Waals surface area contributed by atoms with Crippen LogP contribution in [0.25, 0.3) is 0 Å². The lowest BCUT2D eigenvalue weighted by Gasteiger charge is -2.16. The molecule has 0 aromatic heterocycles. The van der Waals surface area contributed by atoms with E-state index in [0.717, 1.165) is 0 Å². The van der Waals surface area contributed by atoms with Crippen molar-refractivity contribution >= 4 is 47.1 Å². The number of guanidine groups is 1. The number of esters is 1. The topological polar surface area (TPSA) is 227 Å². The van der Waals surface area contributed by atoms with E-state index in [9.17, 15) is 29.1 Å². The van der Waals surface area contributed by atoms with Gasteiger partial charge < -0.3 is 37.3 Å². The quantitative estimate of drug-likeness (QED) is 0.121. The molecule has 37 heavy (non-hydrogen) atoms. The molecule has 9 N–H and O–H groups in total. The van der Waals surface area contributed by atoms with Crippen molar-refractivity contribution < 1.29 is 33.8 Å². The largest absolute Gasteiger partial charge is 0.462 e. The lowest BCUT2D eigenvalue weighted by atomic mass is 10.2. The molecule has 14 nitrogen and oxygen atoms in total. The van der Waals surface area contributed by atoms with Gasteiger partial charge in [0.25, 0.3) is 5.91 Å². The highest BCUT2D eigenvalue weighted by molar-refractivity contribution is 6.06. The van der Waals surface area contributed by atoms with Crippen LogP contribution < -0.4 is 32.7 Å². The summed E-state index contributed by atoms with van der Waals surface area (Å²) in [6.45, 7) is 0.470. The number of benzene rings is 2. The summed E-state index contributed by atoms with van der Waals surface area (Å²) in [6.07, 6.45) is 0. The van der Waals surface area contributed by atoms with E-state index in [-0.39, 0.29) is 29.4 Å². The van der Waals surface area contributed by atoms with Crippen LogP contribution in [-0.4, -0.2) is 66.6 Å². The van der Waals surface area contributed by atoms with Crippen molar-refractivity contribution in [1.29, 1.82) is 0 Å². The number of ether oxygens (including phenoxy) is 1. The first-order chi connectivity index (χ1) is 17.6. The summed E-state index contributed by atoms with van der Waals surface area (Å²) in [6, 6.07) is 9.39. The Hall–Kier alpha value is -4.98. The van der Waals surface area contributed by atoms with Gasteiger partial charge >= 0.3 is 12.0 Å². The summed E-state index contributed by atoms with van der Waals surface area (Å²) < 4.78 is 4.89. The molecule has 0 spiro atoms. The number of aliphatic hydroxyl groups is 1. The molecule has 5 amide bonds. The molecule has 0 fully saturated rings. The highest BCUT2D eigenvalue weighted by atomic mass is 16.5. The molecule has 0 radical (unpaired) electrons. The van der Waals surface area contributed by atoms with Gasteiger partial charge in [0.2, 0.25) is 11.8 Å². The Kier molecular flexibility index (Phi) is 10.5. The first-order valence-electron chi connectivity index (χ1n) is 10.9. The van der Waals surface area contributed by atoms with Crippen LogP contribution >= 0.6 is 0 Å². The normalized spacial score (nSPS) is 10.9. The first-order valence-corrected chi connectivity index (χ1v) is 10.9. The van der Waals surface area contributed by atoms with E-state index in [1.165, 1.54) is 48.5 Å². The van der Waals surface area contributed by atoms with Gasteiger partial charge in [-0.1, -0.05) is 6.07 Å². The zero-order valence-corrected chi connectivity index (χ0v) is 19.8. The fourth-order valence-electron chi connectivity index (χ4n) is 2.83. The minimum Gasteiger partial charge on any atom is -0.462 e. The number of nitrogens with one attached hydrogen (secondary N) is 4. The molecule has 14 heteroatoms. The van der Waals surface area contributed by atoms with Crippen LogP contribution in [0, 0.1) is 0 Å². The molecule has 2 aromatic carbocycles. The Morgan fingerprint density at radius 1 is 1.03 bits per heavy atom. The molecule has 1 atom stereocenters. The van der Waals surface area contributed by atoms with Crippen LogP contribution in [0.1, 0.15) is 27.6 Å². The number of imide groups is 1. The third kappa shape index (κ3) is 9.29. The summed E-state index contributed by atoms with van der Waals surface area (Å²) in [7, 11) is 0. The first kappa shape index (κ1) is 28.3. The third-order valence-corrected chi connectivity index (χ3v) is 4.50. The maximum atomic E-state index is 12.3. The van der Waals surface area contributed by atoms with Crippen LogP contribution in [0.15, 0.2) is 53.5 Å². The number of amides is 5. The minimum atomic E-state index is -1.40. The number of urea groups is 1. The zero-order valence-electron chi connectivity index (χ0n) is 19.8. The number of hydrogen-bond donors (Lipinski definition) is 7. The van der Waals surface area contributed by atoms with Gasteiger partial charge in [-0.3, -0.25) is 19.7 Å². The average molecular weight is 514 g/mol. The molecule has 0 bridgehead atoms. The van der Waals surface area contributed by atoms with Crippen molar-refractivity contribution in [3.05, 3.63) is 59.7 Å². The van der Waals surface area contributed by atoms with Crippen molar-refractivity contribution in [3.63, 3.8) is 0 Å². The van der Waals surface area contributed by atoms with Gasteiger partial charge in [0.1, 0.15) is 6.04 Å². The molecule has 0 aliphatic carbocycles. The summed E-state index contributed by atoms with van der Waals surface area (Å²) >= 11 is 0. The number of nitrogens with two attached hydrogens (primary N) is 2. The van der Waals surface area contributed by atoms with Crippen LogP contribution in [0.4, 0.5) is 16.2 Å². The van der Waals surface area contributed by atoms with E-state index in [0.29, 0.717) is 5.69 Å². The van der Waals surface area contributed by atoms with Crippen molar-refractivity contribution in [2.75, 3.05) is 25.1 Å². The molecule has 0 saturated heterocycles. The van der Waals surface area contributed by atoms with Gasteiger partial charge in [0, 0.05) is 11.3 Å². The maximum absolute atomic E-state index is 12.3. The maximum Gasteiger partial charge on any atom is 0.338 e. The van der Waals surface area contributed by atoms with Crippen LogP contribution in [0.5, 0.6) is 0 Å². The monoisotopic (exact) mass is 513 g/mol. The summed E-state index contributed by atoms with van der Waals surface area (Å²) in [4.78, 5) is 64.4. The van der Waals surface area contributed by atoms with Gasteiger partial charge in [-0.25, -0.2) is 14.6 Å². The molecule has 0 saturated carbocycles. The highest BCUT2D eigenvalue weighted by Crippen LogP contribution is 2.13. The molecule has 196 valence electrons. The molecule has 0 heterocycles. The summed E-state index contributed by atoms with van der Waals surface area (Å²) in [5, 5.41) is 18.5. The Bertz CT molecular complexity index is 1180. The van der Waals surface area contributed by atoms with Crippen molar-refractivity contribution in [2.24, 2.45) is 16.5 Å². The van der Waals surface area contributed by atoms with E-state index >= 15 is 0 Å². The lowest BCUT2D eigenvalue weighted by Crippen LogP contribution is -2.52. The van der Waals surface area contributed by atoms with Gasteiger partial charge in [0.15, 0.2) is 5.96 Å². The molecular weight excluding hydrogens is 486 g/mol. The highest BCUT2D eigenvalue weighted by Gasteiger charge is 2.21. The van der Waals surface area contributed by atoms with Crippen molar-refractivity contribution in [1.82, 2.24) is 16.0 Å². The predicted octanol–water partition coefficient (Wildman–Crippen LogP) is -0.677. The fourth-order valence-corrected chi connectivity index (χ4v) is 2.83. The Morgan fingerprint density at radius 3 is 2.35 bits per heavy atom. The predicted molar refractivity (Wildman–Crippen MR) is 133 cm³/mol. The minimum absolute atomic E-state index is 0.146. The Balaban J connectivity index is 1.85. The van der Waals surface area contributed by atoms with Crippen LogP contribution in [-0.2, 0) is 14.3 Å². The number of aliphatic hydroxyl groups excluding tert-OH is 1. The van der Waals surface area contributed by atoms with E-state index in [1.54, 1.807) is 6.92 Å². The third-order valence-electron chi connectivity index (χ3n) is 4.50. The standard InChI is InChI=1S/C23H27N7O7/c1-2-37-21(35)14-4-3-5-16(10-14)28-23(36)29-17(12-31)20(34)26-11-18(32)30-19(33)13-6-8-15(9-7-13)27-22(24)25/h3-10,17,31H,2,11-12H2,1H3,(H,26,34)(H4,24,25,27)(H2,28,29,36)(H,30,32,33)/t17-/m0/s1. The number of nitrogens with zero attached hydrogens (tertiary/aromatic N) is 1. The fraction of sp³-hybridized carbons (Fsp3) is 0.217. The molecule has 0 aliphatic heterocycles. The van der Waals surface area contributed by atoms with Crippen molar-refractivity contribution in [2.45, 2.75) is 13.0 Å². The van der Waals surface area contributed by atoms with Gasteiger partial charge in [-0.05, 0) is 49.4 Å². The smallest absolute Gasteiger partial charge is 0.338 e. The molecule has 0 aliphatic rings. The summed E-state index contributed by atoms with van der Waals surface area (Å²) in [5.41, 5.74) is 11.6. The van der Waals surface area contributed by atoms with E-state index < -0.39 is 48.9 Å². The number of aliphatic imine (C=N–C) groups is 1. The van der Waals surface area contributed by atoms with E-state index in [1.807, 2.05) is 0 Å². The Morgan fingerprint density at radius 2 is 1.73 bits per heavy atom. The number of carbonyl (C=O) groups excluding carboxylic acids is 5. The average Bonchev–Trinajstić information content (AvgIpc) is 2.86. The molecule has 2 aromatic rings. The van der Waals surface area contributed by atoms with Crippen LogP contribution in [0.2, 0.25) is 0 Å². The number of anilines is 1. The second kappa shape index (κ2) is 13.8. The second-order valence-corrected chi connectivity index (χ2v) is 7.31. The molecule has 0 unspecified atom stereocenters. The second-order valence-electron chi connectivity index (χ2n) is 7.31. The molecular formula is C23H27N7O7. The number of rotatable bonds is 10. The van der Waals surface area contributed by atoms with Gasteiger partial charge in [-0.15, -0.1) is 0 Å². The lowest BCUT2D eigenvalue weighted by molar-refractivity contribution is -0.127. The SMILES string of the molecule is CCOC(=O)c1cccc(NC(=O)N[C@@H](CO)C(=O)NCC(=O)NC(=O)c2ccc(N=C(N)N)cc2)c1. The summed E-state index contributed by atoms with van der Waals surface area (Å²) in [5.74, 6) is -3.15.